The Morgan fingerprint density at radius 3 is 2.67 bits per heavy atom. The summed E-state index contributed by atoms with van der Waals surface area (Å²) in [6.07, 6.45) is 0.375. The molecule has 5 heteroatoms. The fraction of sp³-hybridized carbons (Fsp3) is 0.0769. The minimum Gasteiger partial charge on any atom is -0.326 e. The van der Waals surface area contributed by atoms with Crippen molar-refractivity contribution in [2.75, 3.05) is 5.32 Å². The summed E-state index contributed by atoms with van der Waals surface area (Å²) in [6.45, 7) is 0. The number of rotatable bonds is 1. The van der Waals surface area contributed by atoms with Crippen LogP contribution in [0, 0.1) is 0 Å². The monoisotopic (exact) mass is 260 g/mol. The molecule has 1 aliphatic heterocycles. The van der Waals surface area contributed by atoms with Crippen LogP contribution in [0.2, 0.25) is 5.15 Å². The third kappa shape index (κ3) is 1.91. The molecule has 0 saturated carbocycles. The highest BCUT2D eigenvalue weighted by Crippen LogP contribution is 2.29. The predicted octanol–water partition coefficient (Wildman–Crippen LogP) is 2.19. The average Bonchev–Trinajstić information content (AvgIpc) is 2.66. The van der Waals surface area contributed by atoms with E-state index in [4.69, 9.17) is 11.6 Å². The molecule has 0 spiro atoms. The molecule has 90 valence electrons. The molecule has 0 saturated heterocycles. The Hall–Kier alpha value is -2.07. The third-order valence-corrected chi connectivity index (χ3v) is 3.08. The van der Waals surface area contributed by atoms with Gasteiger partial charge in [0.1, 0.15) is 5.15 Å². The van der Waals surface area contributed by atoms with Gasteiger partial charge in [0.25, 0.3) is 0 Å². The van der Waals surface area contributed by atoms with Crippen molar-refractivity contribution in [1.29, 1.82) is 0 Å². The molecule has 18 heavy (non-hydrogen) atoms. The molecule has 1 amide bonds. The normalized spacial score (nSPS) is 13.3. The van der Waals surface area contributed by atoms with Crippen molar-refractivity contribution in [3.63, 3.8) is 0 Å². The van der Waals surface area contributed by atoms with Crippen molar-refractivity contribution in [2.24, 2.45) is 0 Å². The second kappa shape index (κ2) is 3.99. The van der Waals surface area contributed by atoms with Crippen molar-refractivity contribution in [1.82, 2.24) is 4.98 Å². The first-order valence-electron chi connectivity index (χ1n) is 5.45. The summed E-state index contributed by atoms with van der Waals surface area (Å²) in [5.41, 5.74) is 3.14. The zero-order valence-corrected chi connectivity index (χ0v) is 10.0. The van der Waals surface area contributed by atoms with Gasteiger partial charge in [-0.1, -0.05) is 17.7 Å². The quantitative estimate of drug-likeness (QED) is 0.772. The summed E-state index contributed by atoms with van der Waals surface area (Å²) in [6, 6.07) is 8.77. The zero-order chi connectivity index (χ0) is 12.7. The van der Waals surface area contributed by atoms with E-state index in [1.165, 1.54) is 6.07 Å². The Labute approximate surface area is 108 Å². The molecule has 0 unspecified atom stereocenters. The molecule has 1 aliphatic rings. The fourth-order valence-corrected chi connectivity index (χ4v) is 2.30. The lowest BCUT2D eigenvalue weighted by Crippen LogP contribution is -2.03. The molecule has 4 nitrogen and oxygen atoms in total. The van der Waals surface area contributed by atoms with Crippen LogP contribution in [0.3, 0.4) is 0 Å². The molecule has 0 fully saturated rings. The number of carbonyl (C=O) groups excluding carboxylic acids is 1. The van der Waals surface area contributed by atoms with Gasteiger partial charge in [0, 0.05) is 11.8 Å². The highest BCUT2D eigenvalue weighted by Gasteiger charge is 2.17. The van der Waals surface area contributed by atoms with Crippen LogP contribution in [-0.2, 0) is 11.2 Å². The standard InChI is InChI=1S/C13H9ClN2O2/c14-11-4-8(5-13(18)16-11)7-1-2-10-9(3-7)6-12(17)15-10/h1-5H,6H2,(H,15,17)(H,16,18). The van der Waals surface area contributed by atoms with Gasteiger partial charge >= 0.3 is 0 Å². The number of amides is 1. The molecule has 3 rings (SSSR count). The van der Waals surface area contributed by atoms with E-state index in [1.807, 2.05) is 18.2 Å². The first-order valence-corrected chi connectivity index (χ1v) is 5.83. The lowest BCUT2D eigenvalue weighted by Gasteiger charge is -2.04. The van der Waals surface area contributed by atoms with E-state index in [2.05, 4.69) is 10.3 Å². The predicted molar refractivity (Wildman–Crippen MR) is 69.8 cm³/mol. The summed E-state index contributed by atoms with van der Waals surface area (Å²) in [5.74, 6) is -0.00825. The molecule has 0 bridgehead atoms. The third-order valence-electron chi connectivity index (χ3n) is 2.88. The van der Waals surface area contributed by atoms with Gasteiger partial charge in [-0.2, -0.15) is 0 Å². The second-order valence-corrected chi connectivity index (χ2v) is 4.59. The first kappa shape index (κ1) is 11.0. The van der Waals surface area contributed by atoms with Gasteiger partial charge in [-0.15, -0.1) is 0 Å². The van der Waals surface area contributed by atoms with Crippen LogP contribution in [0.25, 0.3) is 11.1 Å². The molecule has 2 heterocycles. The summed E-state index contributed by atoms with van der Waals surface area (Å²) in [4.78, 5) is 25.1. The number of pyridine rings is 1. The number of fused-ring (bicyclic) bond motifs is 1. The number of H-pyrrole nitrogens is 1. The van der Waals surface area contributed by atoms with E-state index in [-0.39, 0.29) is 11.5 Å². The molecule has 1 aromatic carbocycles. The zero-order valence-electron chi connectivity index (χ0n) is 9.29. The van der Waals surface area contributed by atoms with E-state index in [1.54, 1.807) is 6.07 Å². The average molecular weight is 261 g/mol. The Morgan fingerprint density at radius 1 is 1.06 bits per heavy atom. The number of hydrogen-bond acceptors (Lipinski definition) is 2. The Bertz CT molecular complexity index is 706. The molecule has 1 aromatic heterocycles. The minimum absolute atomic E-state index is 0.00825. The van der Waals surface area contributed by atoms with Crippen LogP contribution < -0.4 is 10.9 Å². The number of aromatic amines is 1. The number of carbonyl (C=O) groups is 1. The SMILES string of the molecule is O=C1Cc2cc(-c3cc(Cl)[nH]c(=O)c3)ccc2N1. The van der Waals surface area contributed by atoms with Crippen LogP contribution in [0.15, 0.2) is 35.1 Å². The van der Waals surface area contributed by atoms with Gasteiger partial charge < -0.3 is 10.3 Å². The maximum absolute atomic E-state index is 11.4. The summed E-state index contributed by atoms with van der Waals surface area (Å²) < 4.78 is 0. The van der Waals surface area contributed by atoms with Crippen molar-refractivity contribution >= 4 is 23.2 Å². The minimum atomic E-state index is -0.243. The maximum Gasteiger partial charge on any atom is 0.249 e. The number of hydrogen-bond donors (Lipinski definition) is 2. The summed E-state index contributed by atoms with van der Waals surface area (Å²) in [5, 5.41) is 3.06. The Balaban J connectivity index is 2.10. The van der Waals surface area contributed by atoms with Gasteiger partial charge in [0.2, 0.25) is 11.5 Å². The van der Waals surface area contributed by atoms with Gasteiger partial charge in [-0.25, -0.2) is 0 Å². The number of halogens is 1. The Kier molecular flexibility index (Phi) is 2.45. The van der Waals surface area contributed by atoms with E-state index >= 15 is 0 Å². The lowest BCUT2D eigenvalue weighted by atomic mass is 10.0. The van der Waals surface area contributed by atoms with Gasteiger partial charge in [-0.05, 0) is 34.9 Å². The van der Waals surface area contributed by atoms with Crippen LogP contribution in [0.4, 0.5) is 5.69 Å². The number of benzene rings is 1. The number of nitrogens with one attached hydrogen (secondary N) is 2. The molecular formula is C13H9ClN2O2. The van der Waals surface area contributed by atoms with Crippen molar-refractivity contribution in [3.8, 4) is 11.1 Å². The molecular weight excluding hydrogens is 252 g/mol. The molecule has 0 radical (unpaired) electrons. The smallest absolute Gasteiger partial charge is 0.249 e. The van der Waals surface area contributed by atoms with E-state index in [0.717, 1.165) is 22.4 Å². The van der Waals surface area contributed by atoms with Crippen molar-refractivity contribution in [2.45, 2.75) is 6.42 Å². The van der Waals surface area contributed by atoms with Crippen LogP contribution >= 0.6 is 11.6 Å². The van der Waals surface area contributed by atoms with Gasteiger partial charge in [0.05, 0.1) is 6.42 Å². The highest BCUT2D eigenvalue weighted by molar-refractivity contribution is 6.29. The van der Waals surface area contributed by atoms with Crippen LogP contribution in [0.5, 0.6) is 0 Å². The van der Waals surface area contributed by atoms with Crippen LogP contribution in [-0.4, -0.2) is 10.9 Å². The van der Waals surface area contributed by atoms with E-state index < -0.39 is 0 Å². The second-order valence-electron chi connectivity index (χ2n) is 4.18. The first-order chi connectivity index (χ1) is 8.61. The maximum atomic E-state index is 11.4. The molecule has 2 N–H and O–H groups in total. The van der Waals surface area contributed by atoms with E-state index in [9.17, 15) is 9.59 Å². The topological polar surface area (TPSA) is 62.0 Å². The Morgan fingerprint density at radius 2 is 1.89 bits per heavy atom. The van der Waals surface area contributed by atoms with Gasteiger partial charge in [0.15, 0.2) is 0 Å². The van der Waals surface area contributed by atoms with Crippen molar-refractivity contribution in [3.05, 3.63) is 51.4 Å². The lowest BCUT2D eigenvalue weighted by molar-refractivity contribution is -0.115. The van der Waals surface area contributed by atoms with Crippen LogP contribution in [0.1, 0.15) is 5.56 Å². The van der Waals surface area contributed by atoms with Crippen molar-refractivity contribution < 1.29 is 4.79 Å². The molecule has 0 atom stereocenters. The molecule has 2 aromatic rings. The van der Waals surface area contributed by atoms with Gasteiger partial charge in [-0.3, -0.25) is 9.59 Å². The number of anilines is 1. The molecule has 0 aliphatic carbocycles. The number of aromatic nitrogens is 1. The largest absolute Gasteiger partial charge is 0.326 e. The fourth-order valence-electron chi connectivity index (χ4n) is 2.08. The van der Waals surface area contributed by atoms with E-state index in [0.29, 0.717) is 11.6 Å². The summed E-state index contributed by atoms with van der Waals surface area (Å²) >= 11 is 5.82. The summed E-state index contributed by atoms with van der Waals surface area (Å²) in [7, 11) is 0. The highest BCUT2D eigenvalue weighted by atomic mass is 35.5.